The monoisotopic (exact) mass is 300 g/mol. The van der Waals surface area contributed by atoms with Crippen LogP contribution in [0.3, 0.4) is 0 Å². The molecule has 0 aliphatic carbocycles. The van der Waals surface area contributed by atoms with Crippen molar-refractivity contribution in [3.05, 3.63) is 33.6 Å². The van der Waals surface area contributed by atoms with Crippen LogP contribution in [0.2, 0.25) is 10.3 Å². The van der Waals surface area contributed by atoms with Crippen LogP contribution >= 0.6 is 23.2 Å². The van der Waals surface area contributed by atoms with E-state index in [-0.39, 0.29) is 28.3 Å². The van der Waals surface area contributed by atoms with Crippen LogP contribution in [0.25, 0.3) is 0 Å². The third-order valence-electron chi connectivity index (χ3n) is 2.32. The van der Waals surface area contributed by atoms with Gasteiger partial charge in [-0.05, 0) is 13.0 Å². The fourth-order valence-electron chi connectivity index (χ4n) is 1.45. The molecule has 9 heteroatoms. The summed E-state index contributed by atoms with van der Waals surface area (Å²) in [5, 5.41) is 13.9. The zero-order valence-corrected chi connectivity index (χ0v) is 11.7. The van der Waals surface area contributed by atoms with Gasteiger partial charge in [0, 0.05) is 7.05 Å². The second-order valence-corrected chi connectivity index (χ2v) is 4.62. The molecular formula is C10H10Cl2N6O. The predicted octanol–water partition coefficient (Wildman–Crippen LogP) is 1.48. The highest BCUT2D eigenvalue weighted by Gasteiger charge is 2.18. The predicted molar refractivity (Wildman–Crippen MR) is 69.0 cm³/mol. The zero-order valence-electron chi connectivity index (χ0n) is 10.2. The van der Waals surface area contributed by atoms with E-state index in [1.807, 2.05) is 0 Å². The van der Waals surface area contributed by atoms with Crippen LogP contribution in [0.4, 0.5) is 0 Å². The molecule has 0 aliphatic heterocycles. The van der Waals surface area contributed by atoms with Crippen molar-refractivity contribution in [3.63, 3.8) is 0 Å². The van der Waals surface area contributed by atoms with E-state index in [0.29, 0.717) is 11.6 Å². The molecule has 2 rings (SSSR count). The molecule has 0 spiro atoms. The number of amides is 1. The number of carbonyl (C=O) groups excluding carboxylic acids is 1. The maximum absolute atomic E-state index is 12.2. The van der Waals surface area contributed by atoms with Crippen molar-refractivity contribution in [3.8, 4) is 0 Å². The molecule has 0 radical (unpaired) electrons. The van der Waals surface area contributed by atoms with Crippen LogP contribution < -0.4 is 0 Å². The number of hydrogen-bond donors (Lipinski definition) is 1. The molecule has 2 heterocycles. The van der Waals surface area contributed by atoms with Gasteiger partial charge >= 0.3 is 0 Å². The van der Waals surface area contributed by atoms with Crippen LogP contribution in [0.5, 0.6) is 0 Å². The van der Waals surface area contributed by atoms with Crippen molar-refractivity contribution >= 4 is 29.1 Å². The first-order chi connectivity index (χ1) is 8.97. The quantitative estimate of drug-likeness (QED) is 0.927. The Kier molecular flexibility index (Phi) is 3.96. The first-order valence-electron chi connectivity index (χ1n) is 5.29. The fraction of sp³-hybridized carbons (Fsp3) is 0.300. The lowest BCUT2D eigenvalue weighted by Crippen LogP contribution is -2.27. The number of aromatic amines is 1. The zero-order chi connectivity index (χ0) is 14.0. The van der Waals surface area contributed by atoms with Gasteiger partial charge in [0.25, 0.3) is 5.91 Å². The van der Waals surface area contributed by atoms with E-state index in [2.05, 4.69) is 25.4 Å². The summed E-state index contributed by atoms with van der Waals surface area (Å²) in [5.74, 6) is 0.865. The highest BCUT2D eigenvalue weighted by Crippen LogP contribution is 2.17. The third-order valence-corrected chi connectivity index (χ3v) is 2.78. The number of nitrogens with one attached hydrogen (secondary N) is 1. The SMILES string of the molecule is Cc1nc(CN(C)C(=O)c2cc(Cl)nnc2Cl)n[nH]1. The Hall–Kier alpha value is -1.73. The number of hydrogen-bond acceptors (Lipinski definition) is 5. The van der Waals surface area contributed by atoms with E-state index in [1.54, 1.807) is 14.0 Å². The van der Waals surface area contributed by atoms with Crippen molar-refractivity contribution in [1.82, 2.24) is 30.3 Å². The van der Waals surface area contributed by atoms with Gasteiger partial charge in [0.15, 0.2) is 16.1 Å². The maximum atomic E-state index is 12.2. The molecule has 2 aromatic rings. The molecule has 7 nitrogen and oxygen atoms in total. The van der Waals surface area contributed by atoms with E-state index < -0.39 is 0 Å². The standard InChI is InChI=1S/C10H10Cl2N6O/c1-5-13-8(16-14-5)4-18(2)10(19)6-3-7(11)15-17-9(6)12/h3H,4H2,1-2H3,(H,13,14,16). The summed E-state index contributed by atoms with van der Waals surface area (Å²) in [5.41, 5.74) is 0.191. The Labute approximate surface area is 119 Å². The molecule has 100 valence electrons. The molecule has 0 saturated heterocycles. The van der Waals surface area contributed by atoms with Crippen LogP contribution in [0.15, 0.2) is 6.07 Å². The number of rotatable bonds is 3. The van der Waals surface area contributed by atoms with Crippen LogP contribution in [-0.2, 0) is 6.54 Å². The third kappa shape index (κ3) is 3.18. The summed E-state index contributed by atoms with van der Waals surface area (Å²) in [7, 11) is 1.61. The Bertz CT molecular complexity index is 614. The minimum absolute atomic E-state index is 0.00687. The molecule has 19 heavy (non-hydrogen) atoms. The van der Waals surface area contributed by atoms with Gasteiger partial charge in [0.05, 0.1) is 12.1 Å². The Morgan fingerprint density at radius 2 is 2.16 bits per heavy atom. The molecule has 0 bridgehead atoms. The van der Waals surface area contributed by atoms with Crippen molar-refractivity contribution in [2.75, 3.05) is 7.05 Å². The number of H-pyrrole nitrogens is 1. The normalized spacial score (nSPS) is 10.5. The Balaban J connectivity index is 2.16. The van der Waals surface area contributed by atoms with Gasteiger partial charge in [-0.1, -0.05) is 23.2 Å². The molecule has 0 aliphatic rings. The topological polar surface area (TPSA) is 87.7 Å². The molecule has 0 saturated carbocycles. The molecule has 0 unspecified atom stereocenters. The highest BCUT2D eigenvalue weighted by atomic mass is 35.5. The van der Waals surface area contributed by atoms with Gasteiger partial charge in [0.2, 0.25) is 0 Å². The summed E-state index contributed by atoms with van der Waals surface area (Å²) < 4.78 is 0. The minimum Gasteiger partial charge on any atom is -0.334 e. The molecule has 0 fully saturated rings. The summed E-state index contributed by atoms with van der Waals surface area (Å²) >= 11 is 11.5. The lowest BCUT2D eigenvalue weighted by molar-refractivity contribution is 0.0781. The van der Waals surface area contributed by atoms with Gasteiger partial charge in [-0.3, -0.25) is 9.89 Å². The van der Waals surface area contributed by atoms with Gasteiger partial charge in [-0.25, -0.2) is 4.98 Å². The number of aromatic nitrogens is 5. The van der Waals surface area contributed by atoms with Crippen molar-refractivity contribution in [2.45, 2.75) is 13.5 Å². The smallest absolute Gasteiger partial charge is 0.257 e. The van der Waals surface area contributed by atoms with E-state index in [1.165, 1.54) is 11.0 Å². The number of halogens is 2. The lowest BCUT2D eigenvalue weighted by atomic mass is 10.2. The second-order valence-electron chi connectivity index (χ2n) is 3.87. The van der Waals surface area contributed by atoms with Gasteiger partial charge < -0.3 is 4.90 Å². The second kappa shape index (κ2) is 5.50. The number of aryl methyl sites for hydroxylation is 1. The van der Waals surface area contributed by atoms with Crippen molar-refractivity contribution in [1.29, 1.82) is 0 Å². The average molecular weight is 301 g/mol. The van der Waals surface area contributed by atoms with E-state index >= 15 is 0 Å². The van der Waals surface area contributed by atoms with Crippen LogP contribution in [0.1, 0.15) is 22.0 Å². The van der Waals surface area contributed by atoms with Gasteiger partial charge in [-0.15, -0.1) is 10.2 Å². The van der Waals surface area contributed by atoms with Gasteiger partial charge in [0.1, 0.15) is 5.82 Å². The van der Waals surface area contributed by atoms with Crippen LogP contribution in [0, 0.1) is 6.92 Å². The molecule has 0 atom stereocenters. The Morgan fingerprint density at radius 1 is 1.42 bits per heavy atom. The number of nitrogens with zero attached hydrogens (tertiary/aromatic N) is 5. The highest BCUT2D eigenvalue weighted by molar-refractivity contribution is 6.34. The summed E-state index contributed by atoms with van der Waals surface area (Å²) in [6.45, 7) is 2.03. The molecule has 1 amide bonds. The Morgan fingerprint density at radius 3 is 2.79 bits per heavy atom. The minimum atomic E-state index is -0.329. The molecule has 2 aromatic heterocycles. The van der Waals surface area contributed by atoms with Crippen molar-refractivity contribution in [2.24, 2.45) is 0 Å². The van der Waals surface area contributed by atoms with Gasteiger partial charge in [-0.2, -0.15) is 5.10 Å². The summed E-state index contributed by atoms with van der Waals surface area (Å²) in [6, 6.07) is 1.37. The summed E-state index contributed by atoms with van der Waals surface area (Å²) in [6.07, 6.45) is 0. The first kappa shape index (κ1) is 13.7. The largest absolute Gasteiger partial charge is 0.334 e. The maximum Gasteiger partial charge on any atom is 0.257 e. The fourth-order valence-corrected chi connectivity index (χ4v) is 1.77. The van der Waals surface area contributed by atoms with Crippen LogP contribution in [-0.4, -0.2) is 43.2 Å². The van der Waals surface area contributed by atoms with E-state index in [9.17, 15) is 4.79 Å². The first-order valence-corrected chi connectivity index (χ1v) is 6.05. The van der Waals surface area contributed by atoms with E-state index in [0.717, 1.165) is 0 Å². The average Bonchev–Trinajstić information content (AvgIpc) is 2.77. The molecular weight excluding hydrogens is 291 g/mol. The molecule has 0 aromatic carbocycles. The lowest BCUT2D eigenvalue weighted by Gasteiger charge is -2.15. The molecule has 1 N–H and O–H groups in total. The summed E-state index contributed by atoms with van der Waals surface area (Å²) in [4.78, 5) is 17.7. The number of carbonyl (C=O) groups is 1. The van der Waals surface area contributed by atoms with E-state index in [4.69, 9.17) is 23.2 Å². The van der Waals surface area contributed by atoms with Crippen molar-refractivity contribution < 1.29 is 4.79 Å².